The molecule has 0 aliphatic heterocycles. The van der Waals surface area contributed by atoms with Gasteiger partial charge in [0.25, 0.3) is 0 Å². The van der Waals surface area contributed by atoms with Crippen molar-refractivity contribution >= 4 is 17.8 Å². The van der Waals surface area contributed by atoms with Crippen LogP contribution >= 0.6 is 0 Å². The number of carbonyl (C=O) groups excluding carboxylic acids is 3. The van der Waals surface area contributed by atoms with E-state index in [9.17, 15) is 29.7 Å². The SMILES string of the molecule is COC(=O)[C@H](Cc1ccc(O)cc1)NC(=O)[C@H](Cc1ccc(O)cc1)NC(=O)[C@H](N)Cc1ccc(O)cc1. The van der Waals surface area contributed by atoms with E-state index in [1.54, 1.807) is 36.4 Å². The Morgan fingerprint density at radius 1 is 0.658 bits per heavy atom. The average molecular weight is 522 g/mol. The fourth-order valence-electron chi connectivity index (χ4n) is 3.81. The van der Waals surface area contributed by atoms with E-state index in [-0.39, 0.29) is 36.5 Å². The highest BCUT2D eigenvalue weighted by molar-refractivity contribution is 5.92. The standard InChI is InChI=1S/C28H31N3O7/c1-38-28(37)25(16-19-6-12-22(34)13-7-19)31-27(36)24(15-18-4-10-21(33)11-5-18)30-26(35)23(29)14-17-2-8-20(32)9-3-17/h2-13,23-25,32-34H,14-16,29H2,1H3,(H,30,35)(H,31,36)/t23-,24+,25+/m1/s1. The number of ether oxygens (including phenoxy) is 1. The zero-order valence-corrected chi connectivity index (χ0v) is 20.8. The van der Waals surface area contributed by atoms with E-state index in [0.29, 0.717) is 11.1 Å². The number of esters is 1. The van der Waals surface area contributed by atoms with E-state index in [2.05, 4.69) is 10.6 Å². The highest BCUT2D eigenvalue weighted by atomic mass is 16.5. The predicted octanol–water partition coefficient (Wildman–Crippen LogP) is 1.30. The van der Waals surface area contributed by atoms with Crippen molar-refractivity contribution in [3.63, 3.8) is 0 Å². The maximum atomic E-state index is 13.4. The number of hydrogen-bond donors (Lipinski definition) is 6. The number of phenols is 3. The minimum absolute atomic E-state index is 0.0503. The molecule has 0 saturated carbocycles. The highest BCUT2D eigenvalue weighted by Gasteiger charge is 2.29. The second-order valence-corrected chi connectivity index (χ2v) is 8.86. The Hall–Kier alpha value is -4.57. The molecule has 38 heavy (non-hydrogen) atoms. The van der Waals surface area contributed by atoms with Crippen LogP contribution in [0.1, 0.15) is 16.7 Å². The second-order valence-electron chi connectivity index (χ2n) is 8.86. The van der Waals surface area contributed by atoms with Crippen molar-refractivity contribution < 1.29 is 34.4 Å². The molecule has 3 aromatic carbocycles. The third-order valence-corrected chi connectivity index (χ3v) is 5.92. The maximum absolute atomic E-state index is 13.4. The molecule has 3 rings (SSSR count). The zero-order valence-electron chi connectivity index (χ0n) is 20.8. The number of nitrogens with two attached hydrogens (primary N) is 1. The van der Waals surface area contributed by atoms with Gasteiger partial charge in [0.2, 0.25) is 11.8 Å². The third kappa shape index (κ3) is 8.24. The van der Waals surface area contributed by atoms with Gasteiger partial charge in [0.05, 0.1) is 13.2 Å². The summed E-state index contributed by atoms with van der Waals surface area (Å²) >= 11 is 0. The van der Waals surface area contributed by atoms with Gasteiger partial charge in [0.15, 0.2) is 0 Å². The number of nitrogens with one attached hydrogen (secondary N) is 2. The van der Waals surface area contributed by atoms with Gasteiger partial charge >= 0.3 is 5.97 Å². The molecule has 200 valence electrons. The zero-order chi connectivity index (χ0) is 27.7. The lowest BCUT2D eigenvalue weighted by Gasteiger charge is -2.24. The Morgan fingerprint density at radius 3 is 1.45 bits per heavy atom. The lowest BCUT2D eigenvalue weighted by atomic mass is 10.0. The first kappa shape index (κ1) is 28.0. The Labute approximate surface area is 220 Å². The summed E-state index contributed by atoms with van der Waals surface area (Å²) in [7, 11) is 1.20. The molecular weight excluding hydrogens is 490 g/mol. The lowest BCUT2D eigenvalue weighted by Crippen LogP contribution is -2.56. The molecule has 10 heteroatoms. The quantitative estimate of drug-likeness (QED) is 0.205. The number of carbonyl (C=O) groups is 3. The van der Waals surface area contributed by atoms with Crippen LogP contribution in [0.25, 0.3) is 0 Å². The minimum Gasteiger partial charge on any atom is -0.508 e. The van der Waals surface area contributed by atoms with E-state index < -0.39 is 35.9 Å². The van der Waals surface area contributed by atoms with Crippen LogP contribution in [0.5, 0.6) is 17.2 Å². The van der Waals surface area contributed by atoms with E-state index >= 15 is 0 Å². The molecular formula is C28H31N3O7. The van der Waals surface area contributed by atoms with E-state index in [1.165, 1.54) is 43.5 Å². The van der Waals surface area contributed by atoms with Gasteiger partial charge in [0.1, 0.15) is 29.3 Å². The van der Waals surface area contributed by atoms with Crippen LogP contribution < -0.4 is 16.4 Å². The summed E-state index contributed by atoms with van der Waals surface area (Å²) in [6, 6.07) is 15.5. The van der Waals surface area contributed by atoms with Gasteiger partial charge in [-0.25, -0.2) is 4.79 Å². The number of benzene rings is 3. The summed E-state index contributed by atoms with van der Waals surface area (Å²) in [4.78, 5) is 38.8. The molecule has 2 amide bonds. The molecule has 0 saturated heterocycles. The van der Waals surface area contributed by atoms with Gasteiger partial charge in [-0.05, 0) is 59.5 Å². The molecule has 0 heterocycles. The van der Waals surface area contributed by atoms with Gasteiger partial charge in [0, 0.05) is 12.8 Å². The average Bonchev–Trinajstić information content (AvgIpc) is 2.91. The first-order valence-corrected chi connectivity index (χ1v) is 11.9. The summed E-state index contributed by atoms with van der Waals surface area (Å²) in [5.41, 5.74) is 8.16. The Morgan fingerprint density at radius 2 is 1.03 bits per heavy atom. The molecule has 0 aromatic heterocycles. The van der Waals surface area contributed by atoms with Crippen molar-refractivity contribution in [3.8, 4) is 17.2 Å². The van der Waals surface area contributed by atoms with E-state index in [4.69, 9.17) is 10.5 Å². The van der Waals surface area contributed by atoms with Crippen molar-refractivity contribution in [2.75, 3.05) is 7.11 Å². The van der Waals surface area contributed by atoms with Crippen LogP contribution in [-0.2, 0) is 38.4 Å². The second kappa shape index (κ2) is 13.1. The van der Waals surface area contributed by atoms with Crippen LogP contribution in [0.15, 0.2) is 72.8 Å². The van der Waals surface area contributed by atoms with Crippen LogP contribution in [-0.4, -0.2) is 58.3 Å². The Balaban J connectivity index is 1.76. The predicted molar refractivity (Wildman–Crippen MR) is 139 cm³/mol. The minimum atomic E-state index is -1.09. The Kier molecular flexibility index (Phi) is 9.66. The molecule has 0 unspecified atom stereocenters. The first-order chi connectivity index (χ1) is 18.1. The largest absolute Gasteiger partial charge is 0.508 e. The number of phenolic OH excluding ortho intramolecular Hbond substituents is 3. The summed E-state index contributed by atoms with van der Waals surface area (Å²) in [6.45, 7) is 0. The number of rotatable bonds is 11. The molecule has 0 aliphatic rings. The van der Waals surface area contributed by atoms with Gasteiger partial charge in [-0.15, -0.1) is 0 Å². The number of hydrogen-bond acceptors (Lipinski definition) is 8. The van der Waals surface area contributed by atoms with Gasteiger partial charge in [-0.2, -0.15) is 0 Å². The van der Waals surface area contributed by atoms with Crippen LogP contribution in [0.4, 0.5) is 0 Å². The Bertz CT molecular complexity index is 1230. The van der Waals surface area contributed by atoms with Gasteiger partial charge in [-0.3, -0.25) is 9.59 Å². The van der Waals surface area contributed by atoms with Crippen LogP contribution in [0, 0.1) is 0 Å². The fraction of sp³-hybridized carbons (Fsp3) is 0.250. The van der Waals surface area contributed by atoms with Gasteiger partial charge < -0.3 is 36.4 Å². The van der Waals surface area contributed by atoms with Crippen molar-refractivity contribution in [2.45, 2.75) is 37.4 Å². The van der Waals surface area contributed by atoms with Crippen molar-refractivity contribution in [1.29, 1.82) is 0 Å². The smallest absolute Gasteiger partial charge is 0.328 e. The molecule has 0 radical (unpaired) electrons. The fourth-order valence-corrected chi connectivity index (χ4v) is 3.81. The summed E-state index contributed by atoms with van der Waals surface area (Å²) < 4.78 is 4.86. The summed E-state index contributed by atoms with van der Waals surface area (Å²) in [5, 5.41) is 33.9. The van der Waals surface area contributed by atoms with E-state index in [0.717, 1.165) is 5.56 Å². The third-order valence-electron chi connectivity index (χ3n) is 5.92. The monoisotopic (exact) mass is 521 g/mol. The summed E-state index contributed by atoms with van der Waals surface area (Å²) in [6.07, 6.45) is 0.334. The van der Waals surface area contributed by atoms with Crippen molar-refractivity contribution in [3.05, 3.63) is 89.5 Å². The highest BCUT2D eigenvalue weighted by Crippen LogP contribution is 2.15. The molecule has 0 spiro atoms. The van der Waals surface area contributed by atoms with E-state index in [1.807, 2.05) is 0 Å². The lowest BCUT2D eigenvalue weighted by molar-refractivity contribution is -0.145. The summed E-state index contributed by atoms with van der Waals surface area (Å²) in [5.74, 6) is -1.68. The van der Waals surface area contributed by atoms with Gasteiger partial charge in [-0.1, -0.05) is 36.4 Å². The molecule has 10 nitrogen and oxygen atoms in total. The van der Waals surface area contributed by atoms with Crippen LogP contribution in [0.3, 0.4) is 0 Å². The topological polar surface area (TPSA) is 171 Å². The normalized spacial score (nSPS) is 13.1. The maximum Gasteiger partial charge on any atom is 0.328 e. The number of amides is 2. The van der Waals surface area contributed by atoms with Crippen molar-refractivity contribution in [2.24, 2.45) is 5.73 Å². The molecule has 0 bridgehead atoms. The molecule has 3 atom stereocenters. The molecule has 0 fully saturated rings. The number of aromatic hydroxyl groups is 3. The number of methoxy groups -OCH3 is 1. The molecule has 3 aromatic rings. The molecule has 0 aliphatic carbocycles. The van der Waals surface area contributed by atoms with Crippen LogP contribution in [0.2, 0.25) is 0 Å². The first-order valence-electron chi connectivity index (χ1n) is 11.9. The molecule has 7 N–H and O–H groups in total. The van der Waals surface area contributed by atoms with Crippen molar-refractivity contribution in [1.82, 2.24) is 10.6 Å².